The highest BCUT2D eigenvalue weighted by Gasteiger charge is 2.44. The predicted octanol–water partition coefficient (Wildman–Crippen LogP) is 5.09. The molecule has 0 radical (unpaired) electrons. The summed E-state index contributed by atoms with van der Waals surface area (Å²) in [6, 6.07) is 11.1. The smallest absolute Gasteiger partial charge is 0.335 e. The van der Waals surface area contributed by atoms with Gasteiger partial charge in [0.05, 0.1) is 36.2 Å². The maximum atomic E-state index is 12.5. The summed E-state index contributed by atoms with van der Waals surface area (Å²) in [5, 5.41) is 26.6. The number of anilines is 1. The average molecular weight is 703 g/mol. The second-order valence-corrected chi connectivity index (χ2v) is 16.2. The molecule has 262 valence electrons. The van der Waals surface area contributed by atoms with Crippen LogP contribution in [-0.2, 0) is 31.3 Å². The van der Waals surface area contributed by atoms with E-state index < -0.39 is 33.5 Å². The number of hydrogen-bond donors (Lipinski definition) is 3. The van der Waals surface area contributed by atoms with Crippen LogP contribution in [0.15, 0.2) is 48.6 Å². The van der Waals surface area contributed by atoms with E-state index in [1.54, 1.807) is 30.4 Å². The fraction of sp³-hybridized carbons (Fsp3) is 0.583. The fourth-order valence-electron chi connectivity index (χ4n) is 8.28. The molecule has 48 heavy (non-hydrogen) atoms. The molecule has 2 aliphatic heterocycles. The van der Waals surface area contributed by atoms with Crippen LogP contribution in [0.3, 0.4) is 0 Å². The molecule has 10 nitrogen and oxygen atoms in total. The van der Waals surface area contributed by atoms with Gasteiger partial charge in [-0.05, 0) is 111 Å². The molecule has 1 unspecified atom stereocenters. The summed E-state index contributed by atoms with van der Waals surface area (Å²) in [4.78, 5) is 14.3. The number of sulfonamides is 1. The first-order chi connectivity index (χ1) is 23.0. The van der Waals surface area contributed by atoms with Crippen LogP contribution in [-0.4, -0.2) is 81.6 Å². The molecule has 0 amide bonds. The number of fused-ring (bicyclic) bond motifs is 3. The number of ether oxygens (including phenoxy) is 3. The number of nitrogens with two attached hydrogens (primary N) is 1. The Morgan fingerprint density at radius 3 is 2.73 bits per heavy atom. The molecule has 2 aromatic carbocycles. The normalized spacial score (nSPS) is 27.4. The summed E-state index contributed by atoms with van der Waals surface area (Å²) in [5.74, 6) is -0.185. The van der Waals surface area contributed by atoms with Gasteiger partial charge in [-0.3, -0.25) is 0 Å². The molecule has 1 spiro atoms. The molecule has 6 rings (SSSR count). The molecule has 0 bridgehead atoms. The number of aryl methyl sites for hydroxylation is 1. The van der Waals surface area contributed by atoms with Crippen LogP contribution >= 0.6 is 11.6 Å². The van der Waals surface area contributed by atoms with Gasteiger partial charge in [-0.1, -0.05) is 29.8 Å². The Balaban J connectivity index is 1.19. The van der Waals surface area contributed by atoms with Gasteiger partial charge < -0.3 is 29.3 Å². The van der Waals surface area contributed by atoms with Crippen LogP contribution in [0, 0.1) is 11.8 Å². The number of carbonyl (C=O) groups is 1. The third-order valence-electron chi connectivity index (χ3n) is 11.0. The lowest BCUT2D eigenvalue weighted by Crippen LogP contribution is -2.49. The highest BCUT2D eigenvalue weighted by Crippen LogP contribution is 2.46. The Labute approximate surface area is 288 Å². The van der Waals surface area contributed by atoms with Crippen molar-refractivity contribution in [2.45, 2.75) is 86.8 Å². The SMILES string of the molecule is CO[C@H](C/C=C/[C@H](O)[C@@H]1CC[C@H]1CN1C[C@@]2(CCCc3cc(Cl)ccc32)COc2ccc(C(=O)O)cc21)[C@H](CC1CCCO1)S(N)(=O)=O. The minimum atomic E-state index is -3.88. The van der Waals surface area contributed by atoms with Crippen molar-refractivity contribution in [3.8, 4) is 5.75 Å². The van der Waals surface area contributed by atoms with E-state index in [1.165, 1.54) is 18.2 Å². The summed E-state index contributed by atoms with van der Waals surface area (Å²) in [7, 11) is -2.40. The van der Waals surface area contributed by atoms with Gasteiger partial charge in [-0.15, -0.1) is 0 Å². The number of nitrogens with zero attached hydrogens (tertiary/aromatic N) is 1. The van der Waals surface area contributed by atoms with E-state index in [4.69, 9.17) is 31.0 Å². The third kappa shape index (κ3) is 7.56. The summed E-state index contributed by atoms with van der Waals surface area (Å²) in [5.41, 5.74) is 3.12. The van der Waals surface area contributed by atoms with Crippen molar-refractivity contribution in [1.82, 2.24) is 0 Å². The number of aliphatic hydroxyl groups excluding tert-OH is 1. The number of rotatable bonds is 12. The lowest BCUT2D eigenvalue weighted by molar-refractivity contribution is 0.0447. The van der Waals surface area contributed by atoms with Crippen molar-refractivity contribution in [2.24, 2.45) is 17.0 Å². The van der Waals surface area contributed by atoms with Crippen molar-refractivity contribution >= 4 is 33.3 Å². The van der Waals surface area contributed by atoms with E-state index in [1.807, 2.05) is 6.07 Å². The van der Waals surface area contributed by atoms with Crippen LogP contribution < -0.4 is 14.8 Å². The zero-order valence-corrected chi connectivity index (χ0v) is 29.0. The lowest BCUT2D eigenvalue weighted by Gasteiger charge is -2.45. The molecule has 1 saturated carbocycles. The summed E-state index contributed by atoms with van der Waals surface area (Å²) in [6.07, 6.45) is 8.93. The number of primary sulfonamides is 1. The molecule has 4 aliphatic rings. The Morgan fingerprint density at radius 2 is 2.04 bits per heavy atom. The molecular formula is C36H47ClN2O8S. The highest BCUT2D eigenvalue weighted by atomic mass is 35.5. The second kappa shape index (κ2) is 14.7. The van der Waals surface area contributed by atoms with Crippen molar-refractivity contribution in [3.63, 3.8) is 0 Å². The van der Waals surface area contributed by atoms with Crippen LogP contribution in [0.4, 0.5) is 5.69 Å². The average Bonchev–Trinajstić information content (AvgIpc) is 3.50. The Hall–Kier alpha value is -2.67. The quantitative estimate of drug-likeness (QED) is 0.257. The van der Waals surface area contributed by atoms with E-state index >= 15 is 0 Å². The fourth-order valence-corrected chi connectivity index (χ4v) is 9.61. The van der Waals surface area contributed by atoms with Gasteiger partial charge >= 0.3 is 5.97 Å². The van der Waals surface area contributed by atoms with Gasteiger partial charge in [-0.25, -0.2) is 18.4 Å². The van der Waals surface area contributed by atoms with Gasteiger partial charge in [0.2, 0.25) is 10.0 Å². The number of aliphatic hydroxyl groups is 1. The topological polar surface area (TPSA) is 149 Å². The zero-order chi connectivity index (χ0) is 34.1. The van der Waals surface area contributed by atoms with Crippen LogP contribution in [0.2, 0.25) is 5.02 Å². The largest absolute Gasteiger partial charge is 0.490 e. The van der Waals surface area contributed by atoms with E-state index in [2.05, 4.69) is 17.0 Å². The first-order valence-electron chi connectivity index (χ1n) is 17.0. The minimum Gasteiger partial charge on any atom is -0.490 e. The molecular weight excluding hydrogens is 656 g/mol. The Bertz CT molecular complexity index is 1610. The Morgan fingerprint density at radius 1 is 1.21 bits per heavy atom. The van der Waals surface area contributed by atoms with Crippen LogP contribution in [0.5, 0.6) is 5.75 Å². The van der Waals surface area contributed by atoms with Crippen molar-refractivity contribution in [2.75, 3.05) is 38.3 Å². The van der Waals surface area contributed by atoms with Crippen molar-refractivity contribution in [1.29, 1.82) is 0 Å². The predicted molar refractivity (Wildman–Crippen MR) is 184 cm³/mol. The van der Waals surface area contributed by atoms with E-state index in [-0.39, 0.29) is 35.3 Å². The van der Waals surface area contributed by atoms with Gasteiger partial charge in [0, 0.05) is 37.2 Å². The lowest BCUT2D eigenvalue weighted by atomic mass is 9.68. The van der Waals surface area contributed by atoms with Gasteiger partial charge in [-0.2, -0.15) is 0 Å². The standard InChI is InChI=1S/C36H47ClN2O8S/c1-45-33(34(48(38,43)44)19-27-6-4-16-46-27)8-2-7-31(40)28-12-9-25(28)20-39-21-36(15-3-5-23-17-26(37)11-13-29(23)36)22-47-32-14-10-24(35(41)42)18-30(32)39/h2,7,10-11,13-14,17-18,25,27-28,31,33-34,40H,3-6,8-9,12,15-16,19-22H2,1H3,(H,41,42)(H2,38,43,44)/b7-2+/t25-,27?,28+,31-,33+,34-,36-/m0/s1. The van der Waals surface area contributed by atoms with Crippen LogP contribution in [0.1, 0.15) is 72.9 Å². The number of benzene rings is 2. The molecule has 2 aromatic rings. The number of aromatic carboxylic acids is 1. The van der Waals surface area contributed by atoms with Crippen molar-refractivity contribution < 1.29 is 37.6 Å². The molecule has 0 aromatic heterocycles. The van der Waals surface area contributed by atoms with Crippen molar-refractivity contribution in [3.05, 3.63) is 70.3 Å². The molecule has 4 N–H and O–H groups in total. The summed E-state index contributed by atoms with van der Waals surface area (Å²) >= 11 is 6.39. The van der Waals surface area contributed by atoms with E-state index in [0.717, 1.165) is 50.6 Å². The first-order valence-corrected chi connectivity index (χ1v) is 19.0. The first kappa shape index (κ1) is 35.2. The second-order valence-electron chi connectivity index (χ2n) is 14.0. The molecule has 2 aliphatic carbocycles. The Kier molecular flexibility index (Phi) is 10.7. The number of methoxy groups -OCH3 is 1. The van der Waals surface area contributed by atoms with E-state index in [9.17, 15) is 23.4 Å². The van der Waals surface area contributed by atoms with E-state index in [0.29, 0.717) is 43.5 Å². The number of halogens is 1. The molecule has 1 saturated heterocycles. The monoisotopic (exact) mass is 702 g/mol. The molecule has 2 fully saturated rings. The summed E-state index contributed by atoms with van der Waals surface area (Å²) in [6.45, 7) is 2.38. The van der Waals surface area contributed by atoms with Gasteiger partial charge in [0.25, 0.3) is 0 Å². The van der Waals surface area contributed by atoms with Gasteiger partial charge in [0.15, 0.2) is 0 Å². The summed E-state index contributed by atoms with van der Waals surface area (Å²) < 4.78 is 42.7. The highest BCUT2D eigenvalue weighted by molar-refractivity contribution is 7.89. The third-order valence-corrected chi connectivity index (χ3v) is 12.6. The molecule has 12 heteroatoms. The number of carboxylic acid groups (broad SMARTS) is 1. The van der Waals surface area contributed by atoms with Crippen LogP contribution in [0.25, 0.3) is 0 Å². The maximum Gasteiger partial charge on any atom is 0.335 e. The molecule has 2 heterocycles. The molecule has 7 atom stereocenters. The number of hydrogen-bond acceptors (Lipinski definition) is 8. The maximum absolute atomic E-state index is 12.5. The van der Waals surface area contributed by atoms with Gasteiger partial charge in [0.1, 0.15) is 11.0 Å². The number of carboxylic acids is 1. The minimum absolute atomic E-state index is 0.00755. The zero-order valence-electron chi connectivity index (χ0n) is 27.4.